The molecule has 0 aromatic heterocycles. The highest BCUT2D eigenvalue weighted by Gasteiger charge is 2.29. The second-order valence-electron chi connectivity index (χ2n) is 3.33. The molecule has 0 fully saturated rings. The van der Waals surface area contributed by atoms with Crippen molar-refractivity contribution in [1.82, 2.24) is 4.90 Å². The molecule has 14 heavy (non-hydrogen) atoms. The summed E-state index contributed by atoms with van der Waals surface area (Å²) in [5.41, 5.74) is 0. The molecule has 1 unspecified atom stereocenters. The largest absolute Gasteiger partial charge is 0.396 e. The van der Waals surface area contributed by atoms with E-state index in [4.69, 9.17) is 5.11 Å². The number of carbonyl (C=O) groups excluding carboxylic acids is 2. The molecule has 1 atom stereocenters. The summed E-state index contributed by atoms with van der Waals surface area (Å²) in [6, 6.07) is -0.153. The van der Waals surface area contributed by atoms with E-state index in [1.165, 1.54) is 17.1 Å². The Bertz CT molecular complexity index is 236. The number of aliphatic hydroxyl groups excluding tert-OH is 1. The van der Waals surface area contributed by atoms with Crippen LogP contribution in [0.2, 0.25) is 0 Å². The molecule has 0 saturated carbocycles. The molecule has 4 heteroatoms. The van der Waals surface area contributed by atoms with Crippen LogP contribution in [0.4, 0.5) is 0 Å². The first kappa shape index (κ1) is 10.9. The Morgan fingerprint density at radius 3 is 2.29 bits per heavy atom. The fourth-order valence-corrected chi connectivity index (χ4v) is 1.66. The third-order valence-corrected chi connectivity index (χ3v) is 2.29. The SMILES string of the molecule is CCCC(CCO)N1C(=O)C=CC1=O. The van der Waals surface area contributed by atoms with Gasteiger partial charge < -0.3 is 5.11 Å². The van der Waals surface area contributed by atoms with Gasteiger partial charge in [0.25, 0.3) is 11.8 Å². The molecule has 1 aliphatic heterocycles. The fraction of sp³-hybridized carbons (Fsp3) is 0.600. The minimum Gasteiger partial charge on any atom is -0.396 e. The van der Waals surface area contributed by atoms with Crippen molar-refractivity contribution in [1.29, 1.82) is 0 Å². The van der Waals surface area contributed by atoms with Crippen LogP contribution in [0.1, 0.15) is 26.2 Å². The summed E-state index contributed by atoms with van der Waals surface area (Å²) in [5.74, 6) is -0.524. The highest BCUT2D eigenvalue weighted by molar-refractivity contribution is 6.13. The molecule has 0 aromatic rings. The zero-order valence-electron chi connectivity index (χ0n) is 8.27. The smallest absolute Gasteiger partial charge is 0.253 e. The Morgan fingerprint density at radius 2 is 1.86 bits per heavy atom. The molecule has 1 aliphatic rings. The summed E-state index contributed by atoms with van der Waals surface area (Å²) < 4.78 is 0. The maximum atomic E-state index is 11.3. The van der Waals surface area contributed by atoms with Gasteiger partial charge in [-0.05, 0) is 12.8 Å². The van der Waals surface area contributed by atoms with Gasteiger partial charge in [0, 0.05) is 24.8 Å². The van der Waals surface area contributed by atoms with Crippen LogP contribution in [0.25, 0.3) is 0 Å². The van der Waals surface area contributed by atoms with Crippen LogP contribution in [-0.4, -0.2) is 34.5 Å². The number of imide groups is 1. The van der Waals surface area contributed by atoms with Gasteiger partial charge in [-0.3, -0.25) is 14.5 Å². The number of carbonyl (C=O) groups is 2. The number of hydrogen-bond acceptors (Lipinski definition) is 3. The van der Waals surface area contributed by atoms with Crippen LogP contribution in [0.15, 0.2) is 12.2 Å². The maximum Gasteiger partial charge on any atom is 0.253 e. The second kappa shape index (κ2) is 4.91. The van der Waals surface area contributed by atoms with Gasteiger partial charge in [0.05, 0.1) is 0 Å². The lowest BCUT2D eigenvalue weighted by atomic mass is 10.1. The normalized spacial score (nSPS) is 18.0. The van der Waals surface area contributed by atoms with Gasteiger partial charge in [0.1, 0.15) is 0 Å². The van der Waals surface area contributed by atoms with Crippen molar-refractivity contribution >= 4 is 11.8 Å². The van der Waals surface area contributed by atoms with E-state index in [0.717, 1.165) is 12.8 Å². The zero-order chi connectivity index (χ0) is 10.6. The lowest BCUT2D eigenvalue weighted by Gasteiger charge is -2.25. The number of nitrogens with zero attached hydrogens (tertiary/aromatic N) is 1. The van der Waals surface area contributed by atoms with Crippen LogP contribution in [0, 0.1) is 0 Å². The standard InChI is InChI=1S/C10H15NO3/c1-2-3-8(6-7-12)11-9(13)4-5-10(11)14/h4-5,8,12H,2-3,6-7H2,1H3. The average Bonchev–Trinajstić information content (AvgIpc) is 2.46. The third-order valence-electron chi connectivity index (χ3n) is 2.29. The average molecular weight is 197 g/mol. The zero-order valence-corrected chi connectivity index (χ0v) is 8.27. The molecule has 4 nitrogen and oxygen atoms in total. The first-order chi connectivity index (χ1) is 6.70. The Labute approximate surface area is 83.2 Å². The lowest BCUT2D eigenvalue weighted by molar-refractivity contribution is -0.139. The Balaban J connectivity index is 2.67. The first-order valence-corrected chi connectivity index (χ1v) is 4.86. The van der Waals surface area contributed by atoms with Crippen molar-refractivity contribution in [2.75, 3.05) is 6.61 Å². The van der Waals surface area contributed by atoms with Gasteiger partial charge in [0.15, 0.2) is 0 Å². The number of hydrogen-bond donors (Lipinski definition) is 1. The highest BCUT2D eigenvalue weighted by Crippen LogP contribution is 2.16. The molecule has 0 bridgehead atoms. The fourth-order valence-electron chi connectivity index (χ4n) is 1.66. The number of rotatable bonds is 5. The predicted octanol–water partition coefficient (Wildman–Crippen LogP) is 0.462. The minimum absolute atomic E-state index is 0.00171. The summed E-state index contributed by atoms with van der Waals surface area (Å²) in [4.78, 5) is 23.9. The summed E-state index contributed by atoms with van der Waals surface area (Å²) >= 11 is 0. The van der Waals surface area contributed by atoms with E-state index in [2.05, 4.69) is 0 Å². The molecule has 0 spiro atoms. The first-order valence-electron chi connectivity index (χ1n) is 4.86. The molecule has 0 aliphatic carbocycles. The Hall–Kier alpha value is -1.16. The van der Waals surface area contributed by atoms with Crippen LogP contribution in [-0.2, 0) is 9.59 Å². The molecule has 0 radical (unpaired) electrons. The van der Waals surface area contributed by atoms with Gasteiger partial charge >= 0.3 is 0 Å². The highest BCUT2D eigenvalue weighted by atomic mass is 16.3. The van der Waals surface area contributed by atoms with E-state index in [9.17, 15) is 9.59 Å². The molecule has 1 N–H and O–H groups in total. The monoisotopic (exact) mass is 197 g/mol. The Kier molecular flexibility index (Phi) is 3.83. The number of amides is 2. The van der Waals surface area contributed by atoms with Crippen LogP contribution < -0.4 is 0 Å². The molecule has 1 heterocycles. The molecular formula is C10H15NO3. The van der Waals surface area contributed by atoms with E-state index in [-0.39, 0.29) is 24.5 Å². The maximum absolute atomic E-state index is 11.3. The van der Waals surface area contributed by atoms with Gasteiger partial charge in [-0.1, -0.05) is 13.3 Å². The quantitative estimate of drug-likeness (QED) is 0.651. The molecular weight excluding hydrogens is 182 g/mol. The van der Waals surface area contributed by atoms with Gasteiger partial charge in [0.2, 0.25) is 0 Å². The van der Waals surface area contributed by atoms with Gasteiger partial charge in [-0.2, -0.15) is 0 Å². The van der Waals surface area contributed by atoms with E-state index in [1.807, 2.05) is 6.92 Å². The van der Waals surface area contributed by atoms with E-state index < -0.39 is 0 Å². The molecule has 0 saturated heterocycles. The third kappa shape index (κ3) is 2.20. The predicted molar refractivity (Wildman–Crippen MR) is 51.4 cm³/mol. The van der Waals surface area contributed by atoms with Crippen molar-refractivity contribution in [3.63, 3.8) is 0 Å². The summed E-state index contributed by atoms with van der Waals surface area (Å²) in [6.07, 6.45) is 4.67. The summed E-state index contributed by atoms with van der Waals surface area (Å²) in [6.45, 7) is 1.99. The van der Waals surface area contributed by atoms with E-state index in [0.29, 0.717) is 6.42 Å². The summed E-state index contributed by atoms with van der Waals surface area (Å²) in [5, 5.41) is 8.83. The van der Waals surface area contributed by atoms with Crippen molar-refractivity contribution in [2.45, 2.75) is 32.2 Å². The second-order valence-corrected chi connectivity index (χ2v) is 3.33. The van der Waals surface area contributed by atoms with E-state index in [1.54, 1.807) is 0 Å². The van der Waals surface area contributed by atoms with Crippen molar-refractivity contribution in [3.8, 4) is 0 Å². The molecule has 1 rings (SSSR count). The van der Waals surface area contributed by atoms with Crippen LogP contribution in [0.3, 0.4) is 0 Å². The van der Waals surface area contributed by atoms with Crippen molar-refractivity contribution in [3.05, 3.63) is 12.2 Å². The Morgan fingerprint density at radius 1 is 1.29 bits per heavy atom. The van der Waals surface area contributed by atoms with Crippen LogP contribution >= 0.6 is 0 Å². The summed E-state index contributed by atoms with van der Waals surface area (Å²) in [7, 11) is 0. The molecule has 2 amide bonds. The van der Waals surface area contributed by atoms with Gasteiger partial charge in [-0.25, -0.2) is 0 Å². The van der Waals surface area contributed by atoms with Crippen molar-refractivity contribution < 1.29 is 14.7 Å². The van der Waals surface area contributed by atoms with Gasteiger partial charge in [-0.15, -0.1) is 0 Å². The number of aliphatic hydroxyl groups is 1. The topological polar surface area (TPSA) is 57.6 Å². The van der Waals surface area contributed by atoms with Crippen LogP contribution in [0.5, 0.6) is 0 Å². The molecule has 0 aromatic carbocycles. The van der Waals surface area contributed by atoms with Crippen molar-refractivity contribution in [2.24, 2.45) is 0 Å². The molecule has 78 valence electrons. The van der Waals surface area contributed by atoms with E-state index >= 15 is 0 Å². The minimum atomic E-state index is -0.262. The lowest BCUT2D eigenvalue weighted by Crippen LogP contribution is -2.40.